The maximum Gasteiger partial charge on any atom is 0.140 e. The third kappa shape index (κ3) is 3.14. The van der Waals surface area contributed by atoms with Gasteiger partial charge < -0.3 is 5.32 Å². The van der Waals surface area contributed by atoms with E-state index in [1.54, 1.807) is 6.33 Å². The lowest BCUT2D eigenvalue weighted by Gasteiger charge is -2.16. The summed E-state index contributed by atoms with van der Waals surface area (Å²) < 4.78 is 1.81. The van der Waals surface area contributed by atoms with Gasteiger partial charge in [0.05, 0.1) is 6.54 Å². The molecule has 2 heterocycles. The molecular weight excluding hydrogens is 232 g/mol. The first-order chi connectivity index (χ1) is 8.31. The van der Waals surface area contributed by atoms with E-state index in [1.165, 1.54) is 11.3 Å². The minimum atomic E-state index is 0.428. The summed E-state index contributed by atoms with van der Waals surface area (Å²) in [6.45, 7) is 2.98. The van der Waals surface area contributed by atoms with Crippen molar-refractivity contribution in [1.29, 1.82) is 0 Å². The van der Waals surface area contributed by atoms with Crippen LogP contribution >= 0.6 is 11.3 Å². The maximum atomic E-state index is 4.22. The van der Waals surface area contributed by atoms with Gasteiger partial charge in [0.25, 0.3) is 0 Å². The predicted octanol–water partition coefficient (Wildman–Crippen LogP) is 2.51. The molecule has 0 aliphatic carbocycles. The molecule has 1 N–H and O–H groups in total. The third-order valence-electron chi connectivity index (χ3n) is 2.78. The standard InChI is InChI=1S/C12H18N4S/c1-3-5-10(11-6-4-7-17-11)13-8-12-14-9-15-16(12)2/h4,6-7,9-10,13H,3,5,8H2,1-2H3. The summed E-state index contributed by atoms with van der Waals surface area (Å²) >= 11 is 1.81. The summed E-state index contributed by atoms with van der Waals surface area (Å²) in [4.78, 5) is 5.62. The van der Waals surface area contributed by atoms with E-state index in [0.29, 0.717) is 6.04 Å². The van der Waals surface area contributed by atoms with Crippen LogP contribution in [0, 0.1) is 0 Å². The Bertz CT molecular complexity index is 435. The van der Waals surface area contributed by atoms with E-state index in [-0.39, 0.29) is 0 Å². The molecule has 0 saturated carbocycles. The van der Waals surface area contributed by atoms with Crippen molar-refractivity contribution in [3.8, 4) is 0 Å². The smallest absolute Gasteiger partial charge is 0.140 e. The van der Waals surface area contributed by atoms with Crippen LogP contribution in [0.5, 0.6) is 0 Å². The predicted molar refractivity (Wildman–Crippen MR) is 69.8 cm³/mol. The Balaban J connectivity index is 1.97. The van der Waals surface area contributed by atoms with E-state index in [0.717, 1.165) is 18.8 Å². The number of hydrogen-bond donors (Lipinski definition) is 1. The van der Waals surface area contributed by atoms with Crippen molar-refractivity contribution < 1.29 is 0 Å². The Labute approximate surface area is 106 Å². The lowest BCUT2D eigenvalue weighted by molar-refractivity contribution is 0.482. The number of aromatic nitrogens is 3. The molecule has 92 valence electrons. The molecule has 2 aromatic heterocycles. The van der Waals surface area contributed by atoms with Crippen LogP contribution in [0.4, 0.5) is 0 Å². The zero-order chi connectivity index (χ0) is 12.1. The van der Waals surface area contributed by atoms with E-state index in [1.807, 2.05) is 23.1 Å². The van der Waals surface area contributed by atoms with Crippen LogP contribution in [0.2, 0.25) is 0 Å². The fourth-order valence-electron chi connectivity index (χ4n) is 1.82. The van der Waals surface area contributed by atoms with Crippen molar-refractivity contribution >= 4 is 11.3 Å². The molecule has 2 aromatic rings. The van der Waals surface area contributed by atoms with Gasteiger partial charge in [-0.2, -0.15) is 5.10 Å². The van der Waals surface area contributed by atoms with Crippen molar-refractivity contribution in [3.05, 3.63) is 34.5 Å². The Kier molecular flexibility index (Phi) is 4.28. The molecule has 1 unspecified atom stereocenters. The molecule has 0 fully saturated rings. The molecule has 2 rings (SSSR count). The van der Waals surface area contributed by atoms with Crippen molar-refractivity contribution in [1.82, 2.24) is 20.1 Å². The molecular formula is C12H18N4S. The normalized spacial score (nSPS) is 12.8. The average molecular weight is 250 g/mol. The molecule has 0 saturated heterocycles. The lowest BCUT2D eigenvalue weighted by Crippen LogP contribution is -2.22. The third-order valence-corrected chi connectivity index (χ3v) is 3.76. The highest BCUT2D eigenvalue weighted by Gasteiger charge is 2.12. The van der Waals surface area contributed by atoms with Crippen molar-refractivity contribution in [2.75, 3.05) is 0 Å². The molecule has 0 aromatic carbocycles. The minimum absolute atomic E-state index is 0.428. The van der Waals surface area contributed by atoms with Crippen LogP contribution in [-0.2, 0) is 13.6 Å². The van der Waals surface area contributed by atoms with Gasteiger partial charge >= 0.3 is 0 Å². The van der Waals surface area contributed by atoms with Crippen LogP contribution in [0.15, 0.2) is 23.8 Å². The molecule has 0 amide bonds. The summed E-state index contributed by atoms with van der Waals surface area (Å²) in [7, 11) is 1.92. The fourth-order valence-corrected chi connectivity index (χ4v) is 2.65. The quantitative estimate of drug-likeness (QED) is 0.856. The molecule has 1 atom stereocenters. The SMILES string of the molecule is CCCC(NCc1ncnn1C)c1cccs1. The summed E-state index contributed by atoms with van der Waals surface area (Å²) in [5.74, 6) is 0.975. The Morgan fingerprint density at radius 1 is 1.53 bits per heavy atom. The number of nitrogens with zero attached hydrogens (tertiary/aromatic N) is 3. The number of thiophene rings is 1. The summed E-state index contributed by atoms with van der Waals surface area (Å²) in [5.41, 5.74) is 0. The summed E-state index contributed by atoms with van der Waals surface area (Å²) in [6.07, 6.45) is 3.92. The minimum Gasteiger partial charge on any atom is -0.302 e. The second-order valence-electron chi connectivity index (χ2n) is 4.04. The highest BCUT2D eigenvalue weighted by Crippen LogP contribution is 2.23. The number of rotatable bonds is 6. The summed E-state index contributed by atoms with van der Waals surface area (Å²) in [5, 5.41) is 9.75. The first-order valence-corrected chi connectivity index (χ1v) is 6.79. The van der Waals surface area contributed by atoms with Gasteiger partial charge in [0.1, 0.15) is 12.2 Å². The molecule has 0 aliphatic heterocycles. The van der Waals surface area contributed by atoms with Gasteiger partial charge in [-0.1, -0.05) is 19.4 Å². The van der Waals surface area contributed by atoms with Crippen molar-refractivity contribution in [2.45, 2.75) is 32.4 Å². The topological polar surface area (TPSA) is 42.7 Å². The van der Waals surface area contributed by atoms with Gasteiger partial charge in [0.15, 0.2) is 0 Å². The fraction of sp³-hybridized carbons (Fsp3) is 0.500. The van der Waals surface area contributed by atoms with E-state index < -0.39 is 0 Å². The summed E-state index contributed by atoms with van der Waals surface area (Å²) in [6, 6.07) is 4.72. The molecule has 0 aliphatic rings. The van der Waals surface area contributed by atoms with Gasteiger partial charge in [0, 0.05) is 18.0 Å². The Hall–Kier alpha value is -1.20. The van der Waals surface area contributed by atoms with E-state index in [4.69, 9.17) is 0 Å². The first-order valence-electron chi connectivity index (χ1n) is 5.91. The van der Waals surface area contributed by atoms with Crippen LogP contribution in [0.3, 0.4) is 0 Å². The van der Waals surface area contributed by atoms with Crippen molar-refractivity contribution in [2.24, 2.45) is 7.05 Å². The van der Waals surface area contributed by atoms with Crippen LogP contribution in [0.1, 0.15) is 36.5 Å². The van der Waals surface area contributed by atoms with Crippen LogP contribution in [0.25, 0.3) is 0 Å². The van der Waals surface area contributed by atoms with Gasteiger partial charge in [0.2, 0.25) is 0 Å². The van der Waals surface area contributed by atoms with Gasteiger partial charge in [-0.15, -0.1) is 11.3 Å². The molecule has 5 heteroatoms. The number of hydrogen-bond acceptors (Lipinski definition) is 4. The Morgan fingerprint density at radius 2 is 2.41 bits per heavy atom. The molecule has 0 radical (unpaired) electrons. The largest absolute Gasteiger partial charge is 0.302 e. The van der Waals surface area contributed by atoms with Crippen molar-refractivity contribution in [3.63, 3.8) is 0 Å². The van der Waals surface area contributed by atoms with Crippen LogP contribution < -0.4 is 5.32 Å². The Morgan fingerprint density at radius 3 is 3.00 bits per heavy atom. The van der Waals surface area contributed by atoms with Gasteiger partial charge in [-0.25, -0.2) is 4.98 Å². The second-order valence-corrected chi connectivity index (χ2v) is 5.02. The lowest BCUT2D eigenvalue weighted by atomic mass is 10.1. The average Bonchev–Trinajstić information content (AvgIpc) is 2.96. The van der Waals surface area contributed by atoms with Gasteiger partial charge in [-0.05, 0) is 17.9 Å². The second kappa shape index (κ2) is 5.93. The zero-order valence-electron chi connectivity index (χ0n) is 10.3. The molecule has 4 nitrogen and oxygen atoms in total. The molecule has 17 heavy (non-hydrogen) atoms. The van der Waals surface area contributed by atoms with E-state index in [2.05, 4.69) is 39.8 Å². The van der Waals surface area contributed by atoms with E-state index in [9.17, 15) is 0 Å². The maximum absolute atomic E-state index is 4.22. The van der Waals surface area contributed by atoms with Gasteiger partial charge in [-0.3, -0.25) is 4.68 Å². The molecule has 0 bridgehead atoms. The number of aryl methyl sites for hydroxylation is 1. The molecule has 0 spiro atoms. The first kappa shape index (κ1) is 12.3. The monoisotopic (exact) mass is 250 g/mol. The van der Waals surface area contributed by atoms with E-state index >= 15 is 0 Å². The zero-order valence-corrected chi connectivity index (χ0v) is 11.1. The van der Waals surface area contributed by atoms with Crippen LogP contribution in [-0.4, -0.2) is 14.8 Å². The highest BCUT2D eigenvalue weighted by atomic mass is 32.1. The number of nitrogens with one attached hydrogen (secondary N) is 1. The highest BCUT2D eigenvalue weighted by molar-refractivity contribution is 7.10.